The van der Waals surface area contributed by atoms with Crippen LogP contribution < -0.4 is 0 Å². The second-order valence-corrected chi connectivity index (χ2v) is 6.12. The van der Waals surface area contributed by atoms with Gasteiger partial charge in [-0.1, -0.05) is 0 Å². The summed E-state index contributed by atoms with van der Waals surface area (Å²) in [7, 11) is -3.11. The maximum atomic E-state index is 12.1. The molecule has 1 atom stereocenters. The summed E-state index contributed by atoms with van der Waals surface area (Å²) in [6.45, 7) is 6.09. The van der Waals surface area contributed by atoms with Crippen LogP contribution in [0.3, 0.4) is 0 Å². The third-order valence-corrected chi connectivity index (χ3v) is 4.84. The normalized spacial score (nSPS) is 15.4. The molecule has 0 heterocycles. The number of halogens is 1. The van der Waals surface area contributed by atoms with Crippen LogP contribution in [0.2, 0.25) is 0 Å². The monoisotopic (exact) mass is 272 g/mol. The lowest BCUT2D eigenvalue weighted by molar-refractivity contribution is 0.229. The van der Waals surface area contributed by atoms with Crippen molar-refractivity contribution in [3.8, 4) is 0 Å². The largest absolute Gasteiger partial charge is 0.355 e. The van der Waals surface area contributed by atoms with Gasteiger partial charge in [0, 0.05) is 10.7 Å². The van der Waals surface area contributed by atoms with Crippen molar-refractivity contribution in [1.82, 2.24) is 0 Å². The van der Waals surface area contributed by atoms with Crippen molar-refractivity contribution < 1.29 is 13.6 Å². The third kappa shape index (κ3) is 5.98. The van der Waals surface area contributed by atoms with Gasteiger partial charge in [0.15, 0.2) is 0 Å². The lowest BCUT2D eigenvalue weighted by Crippen LogP contribution is -1.97. The Hall–Kier alpha value is 0.530. The van der Waals surface area contributed by atoms with Crippen LogP contribution in [0.5, 0.6) is 0 Å². The smallest absolute Gasteiger partial charge is 0.306 e. The molecule has 6 heteroatoms. The fraction of sp³-hybridized carbons (Fsp3) is 0.778. The molecule has 0 saturated heterocycles. The molecule has 0 radical (unpaired) electrons. The number of allylic oxidation sites excluding steroid dienone is 1. The highest BCUT2D eigenvalue weighted by Gasteiger charge is 2.22. The number of rotatable bonds is 7. The highest BCUT2D eigenvalue weighted by atomic mass is 35.5. The molecule has 0 fully saturated rings. The van der Waals surface area contributed by atoms with Gasteiger partial charge in [-0.25, -0.2) is 0 Å². The van der Waals surface area contributed by atoms with Crippen molar-refractivity contribution in [3.05, 3.63) is 10.7 Å². The van der Waals surface area contributed by atoms with Crippen LogP contribution >= 0.6 is 31.0 Å². The quantitative estimate of drug-likeness (QED) is 0.517. The molecule has 0 aliphatic rings. The van der Waals surface area contributed by atoms with Crippen LogP contribution in [0.4, 0.5) is 0 Å². The molecular weight excluding hydrogens is 255 g/mol. The second-order valence-electron chi connectivity index (χ2n) is 2.73. The first kappa shape index (κ1) is 15.5. The van der Waals surface area contributed by atoms with Crippen LogP contribution in [-0.2, 0) is 13.6 Å². The van der Waals surface area contributed by atoms with Crippen LogP contribution in [0, 0.1) is 0 Å². The van der Waals surface area contributed by atoms with Gasteiger partial charge in [0.1, 0.15) is 0 Å². The molecule has 1 unspecified atom stereocenters. The zero-order chi connectivity index (χ0) is 11.9. The SMILES string of the molecule is CCOP(=O)(C=C(SC)C(C)Cl)OCC. The van der Waals surface area contributed by atoms with E-state index in [4.69, 9.17) is 20.6 Å². The zero-order valence-electron chi connectivity index (χ0n) is 9.53. The van der Waals surface area contributed by atoms with Crippen LogP contribution in [0.15, 0.2) is 10.7 Å². The van der Waals surface area contributed by atoms with Crippen molar-refractivity contribution in [2.24, 2.45) is 0 Å². The highest BCUT2D eigenvalue weighted by molar-refractivity contribution is 8.02. The summed E-state index contributed by atoms with van der Waals surface area (Å²) in [4.78, 5) is 0.807. The topological polar surface area (TPSA) is 35.5 Å². The molecule has 0 N–H and O–H groups in total. The van der Waals surface area contributed by atoms with Gasteiger partial charge in [0.25, 0.3) is 0 Å². The Morgan fingerprint density at radius 2 is 1.93 bits per heavy atom. The molecule has 0 aromatic rings. The minimum absolute atomic E-state index is 0.186. The van der Waals surface area contributed by atoms with E-state index < -0.39 is 7.60 Å². The first-order valence-corrected chi connectivity index (χ1v) is 8.06. The summed E-state index contributed by atoms with van der Waals surface area (Å²) in [6, 6.07) is 0. The summed E-state index contributed by atoms with van der Waals surface area (Å²) in [5, 5.41) is -0.186. The first-order valence-electron chi connectivity index (χ1n) is 4.78. The van der Waals surface area contributed by atoms with Crippen molar-refractivity contribution in [2.75, 3.05) is 19.5 Å². The molecular formula is C9H18ClO3PS. The summed E-state index contributed by atoms with van der Waals surface area (Å²) in [5.41, 5.74) is 0. The van der Waals surface area contributed by atoms with Gasteiger partial charge in [-0.3, -0.25) is 4.57 Å². The summed E-state index contributed by atoms with van der Waals surface area (Å²) < 4.78 is 22.4. The fourth-order valence-electron chi connectivity index (χ4n) is 0.945. The van der Waals surface area contributed by atoms with Crippen molar-refractivity contribution in [2.45, 2.75) is 26.1 Å². The van der Waals surface area contributed by atoms with Gasteiger partial charge in [0.2, 0.25) is 0 Å². The lowest BCUT2D eigenvalue weighted by Gasteiger charge is -2.15. The molecule has 0 aliphatic carbocycles. The van der Waals surface area contributed by atoms with Crippen LogP contribution in [0.1, 0.15) is 20.8 Å². The molecule has 0 aliphatic heterocycles. The Bertz CT molecular complexity index is 246. The van der Waals surface area contributed by atoms with Gasteiger partial charge in [-0.05, 0) is 27.0 Å². The van der Waals surface area contributed by atoms with E-state index in [-0.39, 0.29) is 5.38 Å². The van der Waals surface area contributed by atoms with E-state index >= 15 is 0 Å². The van der Waals surface area contributed by atoms with E-state index in [9.17, 15) is 4.57 Å². The van der Waals surface area contributed by atoms with E-state index in [1.807, 2.05) is 13.2 Å². The van der Waals surface area contributed by atoms with Crippen molar-refractivity contribution >= 4 is 31.0 Å². The predicted molar refractivity (Wildman–Crippen MR) is 67.8 cm³/mol. The maximum Gasteiger partial charge on any atom is 0.355 e. The Morgan fingerprint density at radius 3 is 2.20 bits per heavy atom. The molecule has 0 saturated carbocycles. The Labute approximate surface area is 101 Å². The average Bonchev–Trinajstić information content (AvgIpc) is 2.14. The van der Waals surface area contributed by atoms with Crippen LogP contribution in [-0.4, -0.2) is 24.8 Å². The summed E-state index contributed by atoms with van der Waals surface area (Å²) in [6.07, 6.45) is 1.88. The molecule has 3 nitrogen and oxygen atoms in total. The summed E-state index contributed by atoms with van der Waals surface area (Å²) >= 11 is 7.38. The zero-order valence-corrected chi connectivity index (χ0v) is 12.0. The molecule has 0 rings (SSSR count). The van der Waals surface area contributed by atoms with E-state index in [1.165, 1.54) is 17.6 Å². The van der Waals surface area contributed by atoms with Gasteiger partial charge in [-0.2, -0.15) is 0 Å². The van der Waals surface area contributed by atoms with Gasteiger partial charge < -0.3 is 9.05 Å². The average molecular weight is 273 g/mol. The molecule has 0 spiro atoms. The van der Waals surface area contributed by atoms with E-state index in [2.05, 4.69) is 0 Å². The minimum atomic E-state index is -3.11. The maximum absolute atomic E-state index is 12.1. The number of hydrogen-bond donors (Lipinski definition) is 0. The van der Waals surface area contributed by atoms with E-state index in [0.29, 0.717) is 13.2 Å². The van der Waals surface area contributed by atoms with Crippen LogP contribution in [0.25, 0.3) is 0 Å². The predicted octanol–water partition coefficient (Wildman–Crippen LogP) is 4.08. The fourth-order valence-corrected chi connectivity index (χ4v) is 3.98. The highest BCUT2D eigenvalue weighted by Crippen LogP contribution is 2.52. The van der Waals surface area contributed by atoms with Gasteiger partial charge >= 0.3 is 7.60 Å². The van der Waals surface area contributed by atoms with Crippen molar-refractivity contribution in [1.29, 1.82) is 0 Å². The van der Waals surface area contributed by atoms with Gasteiger partial charge in [0.05, 0.1) is 18.6 Å². The Balaban J connectivity index is 4.84. The van der Waals surface area contributed by atoms with E-state index in [0.717, 1.165) is 4.91 Å². The first-order chi connectivity index (χ1) is 6.99. The van der Waals surface area contributed by atoms with Crippen molar-refractivity contribution in [3.63, 3.8) is 0 Å². The Morgan fingerprint density at radius 1 is 1.47 bits per heavy atom. The number of alkyl halides is 1. The molecule has 0 bridgehead atoms. The minimum Gasteiger partial charge on any atom is -0.306 e. The second kappa shape index (κ2) is 7.75. The molecule has 0 aromatic heterocycles. The molecule has 0 aromatic carbocycles. The standard InChI is InChI=1S/C9H18ClO3PS/c1-5-12-14(11,13-6-2)7-9(15-4)8(3)10/h7-8H,5-6H2,1-4H3. The third-order valence-electron chi connectivity index (χ3n) is 1.53. The molecule has 90 valence electrons. The number of thioether (sulfide) groups is 1. The Kier molecular flexibility index (Phi) is 8.02. The van der Waals surface area contributed by atoms with E-state index in [1.54, 1.807) is 13.8 Å². The number of hydrogen-bond acceptors (Lipinski definition) is 4. The lowest BCUT2D eigenvalue weighted by atomic mass is 10.5. The van der Waals surface area contributed by atoms with Gasteiger partial charge in [-0.15, -0.1) is 23.4 Å². The summed E-state index contributed by atoms with van der Waals surface area (Å²) in [5.74, 6) is 1.52. The molecule has 15 heavy (non-hydrogen) atoms. The molecule has 0 amide bonds.